The highest BCUT2D eigenvalue weighted by atomic mass is 35.5. The van der Waals surface area contributed by atoms with Gasteiger partial charge in [-0.25, -0.2) is 4.39 Å². The van der Waals surface area contributed by atoms with Crippen LogP contribution in [-0.4, -0.2) is 0 Å². The predicted octanol–water partition coefficient (Wildman–Crippen LogP) is 5.31. The zero-order valence-electron chi connectivity index (χ0n) is 11.4. The highest BCUT2D eigenvalue weighted by Crippen LogP contribution is 2.49. The summed E-state index contributed by atoms with van der Waals surface area (Å²) in [6.07, 6.45) is 5.44. The summed E-state index contributed by atoms with van der Waals surface area (Å²) in [4.78, 5) is 0. The summed E-state index contributed by atoms with van der Waals surface area (Å²) in [6.45, 7) is 0. The lowest BCUT2D eigenvalue weighted by atomic mass is 9.77. The van der Waals surface area contributed by atoms with E-state index in [4.69, 9.17) is 11.6 Å². The summed E-state index contributed by atoms with van der Waals surface area (Å²) in [7, 11) is 0. The number of anilines is 1. The van der Waals surface area contributed by atoms with Gasteiger partial charge in [0.15, 0.2) is 0 Å². The van der Waals surface area contributed by atoms with Crippen LogP contribution in [0.25, 0.3) is 0 Å². The van der Waals surface area contributed by atoms with Crippen molar-refractivity contribution < 1.29 is 4.39 Å². The van der Waals surface area contributed by atoms with Gasteiger partial charge >= 0.3 is 0 Å². The van der Waals surface area contributed by atoms with E-state index in [1.54, 1.807) is 6.07 Å². The minimum absolute atomic E-state index is 0.167. The van der Waals surface area contributed by atoms with Gasteiger partial charge in [0, 0.05) is 16.6 Å². The molecule has 0 fully saturated rings. The molecule has 1 heterocycles. The van der Waals surface area contributed by atoms with E-state index in [0.717, 1.165) is 22.7 Å². The van der Waals surface area contributed by atoms with Crippen LogP contribution in [0.1, 0.15) is 29.5 Å². The molecular formula is C18H15ClFN. The zero-order valence-corrected chi connectivity index (χ0v) is 12.1. The predicted molar refractivity (Wildman–Crippen MR) is 84.2 cm³/mol. The molecule has 0 saturated heterocycles. The molecule has 1 aliphatic carbocycles. The van der Waals surface area contributed by atoms with E-state index in [1.165, 1.54) is 11.6 Å². The Morgan fingerprint density at radius 2 is 1.90 bits per heavy atom. The maximum atomic E-state index is 13.5. The molecule has 0 amide bonds. The standard InChI is InChI=1S/C18H15ClFN/c19-12-6-4-11(5-7-12)18-15-3-1-2-14(15)16-10-13(20)8-9-17(16)21-18/h1-2,4-10,14-15,18,21H,3H2/t14-,15+,18+/m0/s1. The largest absolute Gasteiger partial charge is 0.378 e. The molecular weight excluding hydrogens is 285 g/mol. The van der Waals surface area contributed by atoms with E-state index in [9.17, 15) is 4.39 Å². The fourth-order valence-electron chi connectivity index (χ4n) is 3.57. The van der Waals surface area contributed by atoms with E-state index >= 15 is 0 Å². The van der Waals surface area contributed by atoms with E-state index < -0.39 is 0 Å². The molecule has 1 aliphatic heterocycles. The maximum Gasteiger partial charge on any atom is 0.123 e. The van der Waals surface area contributed by atoms with Gasteiger partial charge in [-0.2, -0.15) is 0 Å². The number of hydrogen-bond acceptors (Lipinski definition) is 1. The molecule has 0 aromatic heterocycles. The molecule has 0 spiro atoms. The van der Waals surface area contributed by atoms with E-state index in [2.05, 4.69) is 29.6 Å². The van der Waals surface area contributed by atoms with Crippen molar-refractivity contribution in [2.75, 3.05) is 5.32 Å². The third kappa shape index (κ3) is 2.14. The zero-order chi connectivity index (χ0) is 14.4. The molecule has 1 N–H and O–H groups in total. The summed E-state index contributed by atoms with van der Waals surface area (Å²) in [5.41, 5.74) is 3.33. The van der Waals surface area contributed by atoms with Gasteiger partial charge in [0.05, 0.1) is 6.04 Å². The van der Waals surface area contributed by atoms with Crippen LogP contribution < -0.4 is 5.32 Å². The van der Waals surface area contributed by atoms with Gasteiger partial charge in [-0.1, -0.05) is 35.9 Å². The third-order valence-electron chi connectivity index (χ3n) is 4.55. The number of nitrogens with one attached hydrogen (secondary N) is 1. The third-order valence-corrected chi connectivity index (χ3v) is 4.81. The normalized spacial score (nSPS) is 26.1. The average Bonchev–Trinajstić information content (AvgIpc) is 2.97. The minimum atomic E-state index is -0.167. The first-order chi connectivity index (χ1) is 10.2. The molecule has 3 heteroatoms. The highest BCUT2D eigenvalue weighted by Gasteiger charge is 2.37. The first-order valence-electron chi connectivity index (χ1n) is 7.20. The second-order valence-corrected chi connectivity index (χ2v) is 6.20. The van der Waals surface area contributed by atoms with Crippen molar-refractivity contribution in [3.8, 4) is 0 Å². The number of halogens is 2. The van der Waals surface area contributed by atoms with Gasteiger partial charge in [0.2, 0.25) is 0 Å². The summed E-state index contributed by atoms with van der Waals surface area (Å²) in [6, 6.07) is 13.3. The average molecular weight is 300 g/mol. The van der Waals surface area contributed by atoms with Crippen LogP contribution in [0.3, 0.4) is 0 Å². The van der Waals surface area contributed by atoms with Crippen LogP contribution in [0.5, 0.6) is 0 Å². The molecule has 0 saturated carbocycles. The Labute approximate surface area is 128 Å². The number of hydrogen-bond donors (Lipinski definition) is 1. The molecule has 2 aromatic carbocycles. The van der Waals surface area contributed by atoms with Gasteiger partial charge in [-0.3, -0.25) is 0 Å². The fraction of sp³-hybridized carbons (Fsp3) is 0.222. The van der Waals surface area contributed by atoms with Crippen LogP contribution in [0.15, 0.2) is 54.6 Å². The molecule has 0 radical (unpaired) electrons. The number of rotatable bonds is 1. The Hall–Kier alpha value is -1.80. The van der Waals surface area contributed by atoms with Gasteiger partial charge < -0.3 is 5.32 Å². The van der Waals surface area contributed by atoms with Crippen molar-refractivity contribution in [2.45, 2.75) is 18.4 Å². The van der Waals surface area contributed by atoms with Crippen LogP contribution in [0, 0.1) is 11.7 Å². The van der Waals surface area contributed by atoms with E-state index in [-0.39, 0.29) is 17.8 Å². The van der Waals surface area contributed by atoms with Crippen molar-refractivity contribution in [3.05, 3.63) is 76.6 Å². The van der Waals surface area contributed by atoms with E-state index in [0.29, 0.717) is 5.92 Å². The Kier molecular flexibility index (Phi) is 3.00. The fourth-order valence-corrected chi connectivity index (χ4v) is 3.69. The van der Waals surface area contributed by atoms with Gasteiger partial charge in [0.1, 0.15) is 5.82 Å². The Bertz CT molecular complexity index is 708. The second-order valence-electron chi connectivity index (χ2n) is 5.76. The monoisotopic (exact) mass is 299 g/mol. The Morgan fingerprint density at radius 1 is 1.10 bits per heavy atom. The molecule has 21 heavy (non-hydrogen) atoms. The maximum absolute atomic E-state index is 13.5. The molecule has 1 nitrogen and oxygen atoms in total. The van der Waals surface area contributed by atoms with E-state index in [1.807, 2.05) is 18.2 Å². The lowest BCUT2D eigenvalue weighted by molar-refractivity contribution is 0.424. The molecule has 0 unspecified atom stereocenters. The van der Waals surface area contributed by atoms with Crippen LogP contribution in [0.2, 0.25) is 5.02 Å². The lowest BCUT2D eigenvalue weighted by Crippen LogP contribution is -2.29. The molecule has 2 aliphatic rings. The van der Waals surface area contributed by atoms with Crippen LogP contribution in [-0.2, 0) is 0 Å². The summed E-state index contributed by atoms with van der Waals surface area (Å²) in [5, 5.41) is 4.33. The van der Waals surface area contributed by atoms with Crippen molar-refractivity contribution >= 4 is 17.3 Å². The SMILES string of the molecule is Fc1ccc2c(c1)[C@H]1C=CC[C@H]1[C@@H](c1ccc(Cl)cc1)N2. The molecule has 3 atom stereocenters. The quantitative estimate of drug-likeness (QED) is 0.704. The van der Waals surface area contributed by atoms with Crippen molar-refractivity contribution in [3.63, 3.8) is 0 Å². The van der Waals surface area contributed by atoms with Crippen molar-refractivity contribution in [1.82, 2.24) is 0 Å². The van der Waals surface area contributed by atoms with Crippen LogP contribution >= 0.6 is 11.6 Å². The van der Waals surface area contributed by atoms with Gasteiger partial charge in [0.25, 0.3) is 0 Å². The van der Waals surface area contributed by atoms with Crippen LogP contribution in [0.4, 0.5) is 10.1 Å². The summed E-state index contributed by atoms with van der Waals surface area (Å²) >= 11 is 5.99. The van der Waals surface area contributed by atoms with Crippen molar-refractivity contribution in [2.24, 2.45) is 5.92 Å². The Balaban J connectivity index is 1.78. The lowest BCUT2D eigenvalue weighted by Gasteiger charge is -2.37. The molecule has 4 rings (SSSR count). The molecule has 0 bridgehead atoms. The topological polar surface area (TPSA) is 12.0 Å². The van der Waals surface area contributed by atoms with Gasteiger partial charge in [-0.05, 0) is 53.8 Å². The Morgan fingerprint density at radius 3 is 2.71 bits per heavy atom. The number of allylic oxidation sites excluding steroid dienone is 2. The second kappa shape index (κ2) is 4.88. The highest BCUT2D eigenvalue weighted by molar-refractivity contribution is 6.30. The summed E-state index contributed by atoms with van der Waals surface area (Å²) < 4.78 is 13.5. The number of fused-ring (bicyclic) bond motifs is 3. The first kappa shape index (κ1) is 12.9. The molecule has 106 valence electrons. The summed E-state index contributed by atoms with van der Waals surface area (Å²) in [5.74, 6) is 0.553. The molecule has 2 aromatic rings. The smallest absolute Gasteiger partial charge is 0.123 e. The number of benzene rings is 2. The van der Waals surface area contributed by atoms with Gasteiger partial charge in [-0.15, -0.1) is 0 Å². The van der Waals surface area contributed by atoms with Crippen molar-refractivity contribution in [1.29, 1.82) is 0 Å². The first-order valence-corrected chi connectivity index (χ1v) is 7.58. The minimum Gasteiger partial charge on any atom is -0.378 e.